The first-order chi connectivity index (χ1) is 8.20. The van der Waals surface area contributed by atoms with Gasteiger partial charge in [0.2, 0.25) is 0 Å². The van der Waals surface area contributed by atoms with Gasteiger partial charge in [0.1, 0.15) is 16.5 Å². The van der Waals surface area contributed by atoms with E-state index in [-0.39, 0.29) is 5.75 Å². The van der Waals surface area contributed by atoms with Crippen molar-refractivity contribution in [2.75, 3.05) is 12.4 Å². The summed E-state index contributed by atoms with van der Waals surface area (Å²) in [7, 11) is 1.62. The summed E-state index contributed by atoms with van der Waals surface area (Å²) in [6, 6.07) is 12.5. The molecule has 2 aromatic carbocycles. The van der Waals surface area contributed by atoms with E-state index in [9.17, 15) is 5.11 Å². The first-order valence-electron chi connectivity index (χ1n) is 5.09. The van der Waals surface area contributed by atoms with Gasteiger partial charge in [-0.15, -0.1) is 0 Å². The van der Waals surface area contributed by atoms with E-state index in [2.05, 4.69) is 5.32 Å². The highest BCUT2D eigenvalue weighted by Gasteiger charge is 2.04. The second-order valence-electron chi connectivity index (χ2n) is 3.49. The lowest BCUT2D eigenvalue weighted by molar-refractivity contribution is 0.415. The van der Waals surface area contributed by atoms with E-state index in [4.69, 9.17) is 16.3 Å². The Kier molecular flexibility index (Phi) is 3.40. The molecule has 0 amide bonds. The first kappa shape index (κ1) is 11.6. The van der Waals surface area contributed by atoms with Crippen molar-refractivity contribution in [2.24, 2.45) is 0 Å². The molecule has 0 aliphatic rings. The summed E-state index contributed by atoms with van der Waals surface area (Å²) >= 11 is 5.96. The van der Waals surface area contributed by atoms with Gasteiger partial charge in [0, 0.05) is 5.69 Å². The molecular weight excluding hydrogens is 238 g/mol. The molecule has 0 bridgehead atoms. The lowest BCUT2D eigenvalue weighted by Gasteiger charge is -2.09. The lowest BCUT2D eigenvalue weighted by Crippen LogP contribution is -1.91. The summed E-state index contributed by atoms with van der Waals surface area (Å²) in [5.74, 6) is 0.850. The Bertz CT molecular complexity index is 511. The van der Waals surface area contributed by atoms with Crippen LogP contribution in [0.3, 0.4) is 0 Å². The molecule has 0 aliphatic carbocycles. The molecule has 2 rings (SSSR count). The van der Waals surface area contributed by atoms with Crippen molar-refractivity contribution in [3.8, 4) is 11.5 Å². The molecule has 0 aliphatic heterocycles. The van der Waals surface area contributed by atoms with E-state index in [1.807, 2.05) is 24.3 Å². The summed E-state index contributed by atoms with van der Waals surface area (Å²) < 4.78 is 5.07. The maximum atomic E-state index is 9.47. The zero-order valence-electron chi connectivity index (χ0n) is 9.27. The van der Waals surface area contributed by atoms with Crippen LogP contribution in [0.5, 0.6) is 11.5 Å². The van der Waals surface area contributed by atoms with Crippen molar-refractivity contribution in [1.29, 1.82) is 0 Å². The zero-order valence-corrected chi connectivity index (χ0v) is 10.0. The quantitative estimate of drug-likeness (QED) is 0.869. The smallest absolute Gasteiger partial charge is 0.136 e. The fraction of sp³-hybridized carbons (Fsp3) is 0.0769. The van der Waals surface area contributed by atoms with Crippen LogP contribution in [0, 0.1) is 0 Å². The Morgan fingerprint density at radius 1 is 1.12 bits per heavy atom. The van der Waals surface area contributed by atoms with Crippen molar-refractivity contribution in [3.05, 3.63) is 47.5 Å². The van der Waals surface area contributed by atoms with Gasteiger partial charge in [-0.2, -0.15) is 0 Å². The van der Waals surface area contributed by atoms with Crippen LogP contribution in [0.2, 0.25) is 5.02 Å². The number of hydrogen-bond acceptors (Lipinski definition) is 3. The molecule has 4 heteroatoms. The summed E-state index contributed by atoms with van der Waals surface area (Å²) in [6.07, 6.45) is 0. The van der Waals surface area contributed by atoms with Crippen LogP contribution in [-0.4, -0.2) is 12.2 Å². The number of rotatable bonds is 3. The molecule has 0 fully saturated rings. The van der Waals surface area contributed by atoms with E-state index in [1.165, 1.54) is 0 Å². The Morgan fingerprint density at radius 3 is 2.47 bits per heavy atom. The van der Waals surface area contributed by atoms with Gasteiger partial charge in [-0.25, -0.2) is 0 Å². The Morgan fingerprint density at radius 2 is 1.82 bits per heavy atom. The van der Waals surface area contributed by atoms with E-state index in [0.717, 1.165) is 11.4 Å². The summed E-state index contributed by atoms with van der Waals surface area (Å²) in [5, 5.41) is 12.9. The normalized spacial score (nSPS) is 10.0. The van der Waals surface area contributed by atoms with E-state index < -0.39 is 0 Å². The molecule has 3 nitrogen and oxygen atoms in total. The molecule has 2 aromatic rings. The minimum atomic E-state index is 0.0604. The molecule has 0 unspecified atom stereocenters. The second-order valence-corrected chi connectivity index (χ2v) is 3.87. The van der Waals surface area contributed by atoms with Crippen molar-refractivity contribution in [3.63, 3.8) is 0 Å². The number of hydrogen-bond donors (Lipinski definition) is 2. The second kappa shape index (κ2) is 4.97. The van der Waals surface area contributed by atoms with Crippen LogP contribution >= 0.6 is 11.6 Å². The molecule has 0 aromatic heterocycles. The number of halogens is 1. The van der Waals surface area contributed by atoms with Crippen LogP contribution < -0.4 is 10.1 Å². The van der Waals surface area contributed by atoms with Crippen LogP contribution in [-0.2, 0) is 0 Å². The number of methoxy groups -OCH3 is 1. The highest BCUT2D eigenvalue weighted by molar-refractivity contribution is 6.34. The van der Waals surface area contributed by atoms with Crippen LogP contribution in [0.15, 0.2) is 42.5 Å². The lowest BCUT2D eigenvalue weighted by atomic mass is 10.2. The largest absolute Gasteiger partial charge is 0.506 e. The van der Waals surface area contributed by atoms with E-state index >= 15 is 0 Å². The Balaban J connectivity index is 2.22. The number of phenols is 1. The van der Waals surface area contributed by atoms with Crippen molar-refractivity contribution >= 4 is 23.0 Å². The number of benzene rings is 2. The van der Waals surface area contributed by atoms with Gasteiger partial charge in [-0.3, -0.25) is 0 Å². The third-order valence-corrected chi connectivity index (χ3v) is 2.74. The Labute approximate surface area is 105 Å². The van der Waals surface area contributed by atoms with Crippen molar-refractivity contribution < 1.29 is 9.84 Å². The predicted molar refractivity (Wildman–Crippen MR) is 69.4 cm³/mol. The topological polar surface area (TPSA) is 41.5 Å². The minimum Gasteiger partial charge on any atom is -0.506 e. The third-order valence-electron chi connectivity index (χ3n) is 2.35. The molecule has 0 saturated heterocycles. The fourth-order valence-electron chi connectivity index (χ4n) is 1.45. The molecule has 0 atom stereocenters. The fourth-order valence-corrected chi connectivity index (χ4v) is 1.62. The summed E-state index contributed by atoms with van der Waals surface area (Å²) in [6.45, 7) is 0. The number of phenolic OH excluding ortho intramolecular Hbond substituents is 1. The van der Waals surface area contributed by atoms with Crippen LogP contribution in [0.25, 0.3) is 0 Å². The van der Waals surface area contributed by atoms with E-state index in [0.29, 0.717) is 10.7 Å². The number of aromatic hydroxyl groups is 1. The van der Waals surface area contributed by atoms with Crippen molar-refractivity contribution in [1.82, 2.24) is 0 Å². The molecule has 88 valence electrons. The van der Waals surface area contributed by atoms with Crippen molar-refractivity contribution in [2.45, 2.75) is 0 Å². The molecule has 0 heterocycles. The van der Waals surface area contributed by atoms with Gasteiger partial charge in [0.25, 0.3) is 0 Å². The standard InChI is InChI=1S/C13H12ClNO2/c1-17-10-7-5-9(6-8-10)15-11-3-2-4-12(16)13(11)14/h2-8,15-16H,1H3. The number of anilines is 2. The maximum Gasteiger partial charge on any atom is 0.136 e. The molecule has 17 heavy (non-hydrogen) atoms. The van der Waals surface area contributed by atoms with Gasteiger partial charge >= 0.3 is 0 Å². The molecular formula is C13H12ClNO2. The third kappa shape index (κ3) is 2.63. The zero-order chi connectivity index (χ0) is 12.3. The maximum absolute atomic E-state index is 9.47. The average molecular weight is 250 g/mol. The monoisotopic (exact) mass is 249 g/mol. The van der Waals surface area contributed by atoms with E-state index in [1.54, 1.807) is 25.3 Å². The molecule has 2 N–H and O–H groups in total. The Hall–Kier alpha value is -1.87. The van der Waals surface area contributed by atoms with Gasteiger partial charge in [0.15, 0.2) is 0 Å². The first-order valence-corrected chi connectivity index (χ1v) is 5.47. The predicted octanol–water partition coefficient (Wildman–Crippen LogP) is 3.80. The van der Waals surface area contributed by atoms with Gasteiger partial charge < -0.3 is 15.2 Å². The van der Waals surface area contributed by atoms with Gasteiger partial charge in [-0.05, 0) is 36.4 Å². The van der Waals surface area contributed by atoms with Crippen LogP contribution in [0.1, 0.15) is 0 Å². The highest BCUT2D eigenvalue weighted by atomic mass is 35.5. The average Bonchev–Trinajstić information content (AvgIpc) is 2.36. The van der Waals surface area contributed by atoms with Crippen LogP contribution in [0.4, 0.5) is 11.4 Å². The molecule has 0 spiro atoms. The minimum absolute atomic E-state index is 0.0604. The molecule has 0 radical (unpaired) electrons. The summed E-state index contributed by atoms with van der Waals surface area (Å²) in [5.41, 5.74) is 1.54. The molecule has 0 saturated carbocycles. The summed E-state index contributed by atoms with van der Waals surface area (Å²) in [4.78, 5) is 0. The SMILES string of the molecule is COc1ccc(Nc2cccc(O)c2Cl)cc1. The van der Waals surface area contributed by atoms with Gasteiger partial charge in [-0.1, -0.05) is 17.7 Å². The number of nitrogens with one attached hydrogen (secondary N) is 1. The van der Waals surface area contributed by atoms with Gasteiger partial charge in [0.05, 0.1) is 12.8 Å². The number of ether oxygens (including phenoxy) is 1. The highest BCUT2D eigenvalue weighted by Crippen LogP contribution is 2.32.